The molecule has 4 heterocycles. The first-order valence-electron chi connectivity index (χ1n) is 9.93. The minimum Gasteiger partial charge on any atom is -0.347 e. The highest BCUT2D eigenvalue weighted by Crippen LogP contribution is 2.33. The number of rotatable bonds is 4. The number of likely N-dealkylation sites (N-methyl/N-ethyl adjacent to an activating group) is 1. The Kier molecular flexibility index (Phi) is 4.84. The lowest BCUT2D eigenvalue weighted by Crippen LogP contribution is -2.45. The van der Waals surface area contributed by atoms with Crippen LogP contribution in [0.25, 0.3) is 16.7 Å². The first-order chi connectivity index (χ1) is 15.3. The van der Waals surface area contributed by atoms with Crippen molar-refractivity contribution in [3.05, 3.63) is 41.6 Å². The van der Waals surface area contributed by atoms with Gasteiger partial charge in [0.2, 0.25) is 11.9 Å². The van der Waals surface area contributed by atoms with Gasteiger partial charge in [-0.25, -0.2) is 9.37 Å². The number of halogens is 4. The highest BCUT2D eigenvalue weighted by atomic mass is 19.4. The maximum Gasteiger partial charge on any atom is 0.421 e. The minimum absolute atomic E-state index is 0.0730. The number of alkyl halides is 3. The van der Waals surface area contributed by atoms with Crippen molar-refractivity contribution in [2.24, 2.45) is 0 Å². The maximum atomic E-state index is 13.9. The summed E-state index contributed by atoms with van der Waals surface area (Å²) in [4.78, 5) is 19.8. The monoisotopic (exact) mass is 449 g/mol. The number of piperazine rings is 1. The minimum atomic E-state index is -4.61. The third kappa shape index (κ3) is 3.68. The number of H-pyrrole nitrogens is 1. The predicted octanol–water partition coefficient (Wildman–Crippen LogP) is 2.52. The van der Waals surface area contributed by atoms with Crippen molar-refractivity contribution in [1.29, 1.82) is 0 Å². The molecule has 1 saturated heterocycles. The largest absolute Gasteiger partial charge is 0.421 e. The fraction of sp³-hybridized carbons (Fsp3) is 0.368. The van der Waals surface area contributed by atoms with Crippen LogP contribution in [0.1, 0.15) is 11.4 Å². The molecule has 0 saturated carbocycles. The van der Waals surface area contributed by atoms with E-state index in [0.29, 0.717) is 24.4 Å². The normalized spacial score (nSPS) is 15.7. The van der Waals surface area contributed by atoms with Crippen LogP contribution in [-0.2, 0) is 12.7 Å². The summed E-state index contributed by atoms with van der Waals surface area (Å²) in [5, 5.41) is 6.81. The van der Waals surface area contributed by atoms with Gasteiger partial charge in [0.1, 0.15) is 16.9 Å². The molecule has 3 aromatic heterocycles. The molecule has 13 heteroatoms. The van der Waals surface area contributed by atoms with E-state index < -0.39 is 17.6 Å². The molecule has 0 bridgehead atoms. The molecule has 0 spiro atoms. The van der Waals surface area contributed by atoms with Gasteiger partial charge in [0.15, 0.2) is 11.5 Å². The van der Waals surface area contributed by atoms with Crippen molar-refractivity contribution in [1.82, 2.24) is 34.4 Å². The summed E-state index contributed by atoms with van der Waals surface area (Å²) in [7, 11) is 1.98. The Morgan fingerprint density at radius 1 is 1.09 bits per heavy atom. The number of hydrogen-bond acceptors (Lipinski definition) is 7. The van der Waals surface area contributed by atoms with E-state index in [9.17, 15) is 17.6 Å². The van der Waals surface area contributed by atoms with Crippen molar-refractivity contribution >= 4 is 28.6 Å². The van der Waals surface area contributed by atoms with E-state index in [2.05, 4.69) is 35.3 Å². The molecule has 168 valence electrons. The molecule has 0 radical (unpaired) electrons. The van der Waals surface area contributed by atoms with E-state index in [1.54, 1.807) is 12.1 Å². The van der Waals surface area contributed by atoms with Crippen LogP contribution in [0.4, 0.5) is 29.5 Å². The van der Waals surface area contributed by atoms with Crippen molar-refractivity contribution in [3.8, 4) is 0 Å². The van der Waals surface area contributed by atoms with Gasteiger partial charge in [-0.3, -0.25) is 0 Å². The van der Waals surface area contributed by atoms with Gasteiger partial charge in [0.25, 0.3) is 0 Å². The highest BCUT2D eigenvalue weighted by molar-refractivity contribution is 5.75. The summed E-state index contributed by atoms with van der Waals surface area (Å²) in [6.07, 6.45) is -3.87. The Bertz CT molecular complexity index is 1270. The van der Waals surface area contributed by atoms with Crippen molar-refractivity contribution < 1.29 is 17.6 Å². The second kappa shape index (κ2) is 7.58. The number of aromatic amines is 1. The molecule has 5 rings (SSSR count). The molecule has 0 unspecified atom stereocenters. The molecule has 1 aliphatic heterocycles. The Morgan fingerprint density at radius 2 is 1.88 bits per heavy atom. The molecule has 0 aliphatic carbocycles. The smallest absolute Gasteiger partial charge is 0.347 e. The average molecular weight is 449 g/mol. The lowest BCUT2D eigenvalue weighted by molar-refractivity contribution is -0.136. The predicted molar refractivity (Wildman–Crippen MR) is 109 cm³/mol. The summed E-state index contributed by atoms with van der Waals surface area (Å²) >= 11 is 0. The zero-order valence-corrected chi connectivity index (χ0v) is 17.0. The van der Waals surface area contributed by atoms with E-state index in [1.807, 2.05) is 11.9 Å². The van der Waals surface area contributed by atoms with Crippen molar-refractivity contribution in [2.45, 2.75) is 12.7 Å². The van der Waals surface area contributed by atoms with E-state index in [1.165, 1.54) is 6.07 Å². The molecular formula is C19H19F4N9. The fourth-order valence-electron chi connectivity index (χ4n) is 3.62. The molecule has 1 fully saturated rings. The summed E-state index contributed by atoms with van der Waals surface area (Å²) in [6, 6.07) is 4.55. The Morgan fingerprint density at radius 3 is 2.59 bits per heavy atom. The third-order valence-corrected chi connectivity index (χ3v) is 5.37. The summed E-state index contributed by atoms with van der Waals surface area (Å²) in [5.41, 5.74) is -0.566. The molecule has 9 nitrogen and oxygen atoms in total. The van der Waals surface area contributed by atoms with Gasteiger partial charge in [0.05, 0.1) is 18.3 Å². The molecule has 32 heavy (non-hydrogen) atoms. The standard InChI is InChI=1S/C19H19F4N9/c1-30-5-7-31(8-6-30)18-28-16-11(19(21,22)23)9-25-32(16)17(29-18)24-10-14-26-13-4-2-3-12(20)15(13)27-14/h2-4,9H,5-8,10H2,1H3,(H,26,27)(H,24,28,29). The quantitative estimate of drug-likeness (QED) is 0.463. The van der Waals surface area contributed by atoms with Gasteiger partial charge in [0, 0.05) is 26.2 Å². The van der Waals surface area contributed by atoms with Crippen LogP contribution >= 0.6 is 0 Å². The van der Waals surface area contributed by atoms with Crippen LogP contribution in [0.5, 0.6) is 0 Å². The van der Waals surface area contributed by atoms with Crippen molar-refractivity contribution in [2.75, 3.05) is 43.4 Å². The summed E-state index contributed by atoms with van der Waals surface area (Å²) in [5.74, 6) is 0.213. The molecule has 0 amide bonds. The molecule has 4 aromatic rings. The first-order valence-corrected chi connectivity index (χ1v) is 9.93. The number of nitrogens with zero attached hydrogens (tertiary/aromatic N) is 7. The van der Waals surface area contributed by atoms with Gasteiger partial charge in [-0.05, 0) is 19.2 Å². The van der Waals surface area contributed by atoms with E-state index in [0.717, 1.165) is 23.8 Å². The third-order valence-electron chi connectivity index (χ3n) is 5.37. The van der Waals surface area contributed by atoms with E-state index in [4.69, 9.17) is 0 Å². The molecule has 1 aromatic carbocycles. The molecule has 2 N–H and O–H groups in total. The van der Waals surface area contributed by atoms with Gasteiger partial charge < -0.3 is 20.1 Å². The molecular weight excluding hydrogens is 430 g/mol. The van der Waals surface area contributed by atoms with Crippen LogP contribution in [0, 0.1) is 5.82 Å². The van der Waals surface area contributed by atoms with Crippen LogP contribution in [0.2, 0.25) is 0 Å². The second-order valence-corrected chi connectivity index (χ2v) is 7.60. The number of para-hydroxylation sites is 1. The topological polar surface area (TPSA) is 90.3 Å². The number of anilines is 2. The van der Waals surface area contributed by atoms with Gasteiger partial charge >= 0.3 is 6.18 Å². The van der Waals surface area contributed by atoms with Gasteiger partial charge in [-0.1, -0.05) is 6.07 Å². The number of imidazole rings is 1. The maximum absolute atomic E-state index is 13.9. The van der Waals surface area contributed by atoms with E-state index >= 15 is 0 Å². The van der Waals surface area contributed by atoms with Gasteiger partial charge in [-0.15, -0.1) is 0 Å². The van der Waals surface area contributed by atoms with E-state index in [-0.39, 0.29) is 29.6 Å². The lowest BCUT2D eigenvalue weighted by atomic mass is 10.3. The highest BCUT2D eigenvalue weighted by Gasteiger charge is 2.36. The number of fused-ring (bicyclic) bond motifs is 2. The molecule has 0 atom stereocenters. The lowest BCUT2D eigenvalue weighted by Gasteiger charge is -2.32. The van der Waals surface area contributed by atoms with Gasteiger partial charge in [-0.2, -0.15) is 32.8 Å². The summed E-state index contributed by atoms with van der Waals surface area (Å²) in [6.45, 7) is 2.74. The van der Waals surface area contributed by atoms with Crippen LogP contribution in [0.3, 0.4) is 0 Å². The zero-order valence-electron chi connectivity index (χ0n) is 17.0. The summed E-state index contributed by atoms with van der Waals surface area (Å²) < 4.78 is 55.5. The Hall–Kier alpha value is -3.48. The second-order valence-electron chi connectivity index (χ2n) is 7.60. The number of benzene rings is 1. The van der Waals surface area contributed by atoms with Crippen molar-refractivity contribution in [3.63, 3.8) is 0 Å². The number of aromatic nitrogens is 6. The van der Waals surface area contributed by atoms with Crippen LogP contribution in [-0.4, -0.2) is 67.7 Å². The average Bonchev–Trinajstić information content (AvgIpc) is 3.37. The van der Waals surface area contributed by atoms with Crippen LogP contribution < -0.4 is 10.2 Å². The fourth-order valence-corrected chi connectivity index (χ4v) is 3.62. The Labute approximate surface area is 179 Å². The number of hydrogen-bond donors (Lipinski definition) is 2. The van der Waals surface area contributed by atoms with Crippen LogP contribution in [0.15, 0.2) is 24.4 Å². The Balaban J connectivity index is 1.51. The SMILES string of the molecule is CN1CCN(c2nc(NCc3nc4c(F)cccc4[nH]3)n3ncc(C(F)(F)F)c3n2)CC1. The first kappa shape index (κ1) is 20.4. The number of nitrogens with one attached hydrogen (secondary N) is 2. The zero-order chi connectivity index (χ0) is 22.5. The molecule has 1 aliphatic rings.